The first-order valence-corrected chi connectivity index (χ1v) is 12.5. The quantitative estimate of drug-likeness (QED) is 0.185. The second kappa shape index (κ2) is 19.0. The van der Waals surface area contributed by atoms with Gasteiger partial charge in [-0.15, -0.1) is 0 Å². The fraction of sp³-hybridized carbons (Fsp3) is 0.481. The number of nitrogens with one attached hydrogen (secondary N) is 1. The van der Waals surface area contributed by atoms with E-state index >= 15 is 0 Å². The lowest BCUT2D eigenvalue weighted by molar-refractivity contribution is -0.146. The van der Waals surface area contributed by atoms with Crippen LogP contribution in [0.5, 0.6) is 0 Å². The van der Waals surface area contributed by atoms with E-state index in [1.165, 1.54) is 25.3 Å². The molecule has 13 heteroatoms. The van der Waals surface area contributed by atoms with Gasteiger partial charge in [-0.05, 0) is 30.3 Å². The van der Waals surface area contributed by atoms with Crippen molar-refractivity contribution in [2.45, 2.75) is 6.18 Å². The maximum absolute atomic E-state index is 13.0. The molecule has 2 rings (SSSR count). The number of carbonyl (C=O) groups is 2. The van der Waals surface area contributed by atoms with E-state index in [0.29, 0.717) is 51.9 Å². The molecule has 0 amide bonds. The summed E-state index contributed by atoms with van der Waals surface area (Å²) in [5, 5.41) is 2.84. The van der Waals surface area contributed by atoms with Gasteiger partial charge >= 0.3 is 18.1 Å². The Morgan fingerprint density at radius 1 is 0.725 bits per heavy atom. The SMILES string of the molecule is COC(=O)COCCOCCOCCOCCOCCOC(=O)c1ccccc1Nc1cccc(C(F)(F)F)c1. The van der Waals surface area contributed by atoms with E-state index in [2.05, 4.69) is 10.1 Å². The average molecular weight is 574 g/mol. The maximum atomic E-state index is 13.0. The van der Waals surface area contributed by atoms with Gasteiger partial charge in [-0.3, -0.25) is 0 Å². The van der Waals surface area contributed by atoms with E-state index in [1.54, 1.807) is 18.2 Å². The number of halogens is 3. The molecule has 222 valence electrons. The van der Waals surface area contributed by atoms with E-state index in [0.717, 1.165) is 12.1 Å². The molecule has 2 aromatic carbocycles. The molecule has 0 heterocycles. The van der Waals surface area contributed by atoms with Crippen LogP contribution in [0.2, 0.25) is 0 Å². The van der Waals surface area contributed by atoms with Crippen molar-refractivity contribution in [3.05, 3.63) is 59.7 Å². The third-order valence-electron chi connectivity index (χ3n) is 5.01. The zero-order chi connectivity index (χ0) is 29.1. The Morgan fingerprint density at radius 3 is 1.85 bits per heavy atom. The Hall–Kier alpha value is -3.23. The molecule has 0 saturated heterocycles. The molecule has 0 aromatic heterocycles. The van der Waals surface area contributed by atoms with Crippen molar-refractivity contribution < 1.29 is 55.9 Å². The van der Waals surface area contributed by atoms with Gasteiger partial charge in [0.15, 0.2) is 0 Å². The van der Waals surface area contributed by atoms with Gasteiger partial charge in [0.05, 0.1) is 83.4 Å². The molecular weight excluding hydrogens is 539 g/mol. The molecular formula is C27H34F3NO9. The molecule has 1 N–H and O–H groups in total. The van der Waals surface area contributed by atoms with E-state index < -0.39 is 23.7 Å². The van der Waals surface area contributed by atoms with Crippen LogP contribution in [-0.4, -0.2) is 91.7 Å². The third kappa shape index (κ3) is 13.7. The summed E-state index contributed by atoms with van der Waals surface area (Å²) in [4.78, 5) is 23.3. The van der Waals surface area contributed by atoms with E-state index in [4.69, 9.17) is 28.4 Å². The van der Waals surface area contributed by atoms with E-state index in [1.807, 2.05) is 0 Å². The molecule has 40 heavy (non-hydrogen) atoms. The van der Waals surface area contributed by atoms with Crippen molar-refractivity contribution in [2.24, 2.45) is 0 Å². The van der Waals surface area contributed by atoms with Crippen LogP contribution in [0.4, 0.5) is 24.5 Å². The highest BCUT2D eigenvalue weighted by Gasteiger charge is 2.30. The molecule has 0 bridgehead atoms. The van der Waals surface area contributed by atoms with Crippen LogP contribution < -0.4 is 5.32 Å². The van der Waals surface area contributed by atoms with E-state index in [9.17, 15) is 22.8 Å². The van der Waals surface area contributed by atoms with Gasteiger partial charge in [0.1, 0.15) is 13.2 Å². The lowest BCUT2D eigenvalue weighted by Gasteiger charge is -2.13. The van der Waals surface area contributed by atoms with Crippen molar-refractivity contribution in [1.82, 2.24) is 0 Å². The Balaban J connectivity index is 1.51. The minimum absolute atomic E-state index is 0.00638. The molecule has 0 aliphatic heterocycles. The minimum Gasteiger partial charge on any atom is -0.467 e. The second-order valence-corrected chi connectivity index (χ2v) is 7.96. The van der Waals surface area contributed by atoms with Gasteiger partial charge < -0.3 is 38.5 Å². The van der Waals surface area contributed by atoms with Gasteiger partial charge in [0, 0.05) is 5.69 Å². The van der Waals surface area contributed by atoms with Crippen LogP contribution in [0.25, 0.3) is 0 Å². The summed E-state index contributed by atoms with van der Waals surface area (Å²) in [6, 6.07) is 11.1. The molecule has 0 unspecified atom stereocenters. The van der Waals surface area contributed by atoms with Gasteiger partial charge in [0.25, 0.3) is 0 Å². The van der Waals surface area contributed by atoms with Gasteiger partial charge in [-0.2, -0.15) is 13.2 Å². The molecule has 0 aliphatic carbocycles. The Kier molecular flexibility index (Phi) is 15.6. The standard InChI is InChI=1S/C27H34F3NO9/c1-34-25(32)20-39-16-15-37-12-11-35-9-10-36-13-14-38-17-18-40-26(33)23-7-2-3-8-24(23)31-22-6-4-5-21(19-22)27(28,29)30/h2-8,19,31H,9-18,20H2,1H3. The lowest BCUT2D eigenvalue weighted by Crippen LogP contribution is -2.16. The monoisotopic (exact) mass is 573 g/mol. The molecule has 0 saturated carbocycles. The molecule has 0 spiro atoms. The van der Waals surface area contributed by atoms with E-state index in [-0.39, 0.29) is 37.7 Å². The van der Waals surface area contributed by atoms with Crippen LogP contribution in [0.15, 0.2) is 48.5 Å². The summed E-state index contributed by atoms with van der Waals surface area (Å²) in [6.07, 6.45) is -4.48. The van der Waals surface area contributed by atoms with Crippen LogP contribution >= 0.6 is 0 Å². The van der Waals surface area contributed by atoms with Gasteiger partial charge in [-0.1, -0.05) is 18.2 Å². The number of rotatable bonds is 20. The smallest absolute Gasteiger partial charge is 0.416 e. The summed E-state index contributed by atoms with van der Waals surface area (Å²) in [7, 11) is 1.29. The van der Waals surface area contributed by atoms with Crippen LogP contribution in [0, 0.1) is 0 Å². The van der Waals surface area contributed by atoms with Crippen LogP contribution in [0.1, 0.15) is 15.9 Å². The van der Waals surface area contributed by atoms with Crippen molar-refractivity contribution in [1.29, 1.82) is 0 Å². The fourth-order valence-electron chi connectivity index (χ4n) is 3.06. The highest BCUT2D eigenvalue weighted by molar-refractivity contribution is 5.96. The minimum atomic E-state index is -4.48. The number of hydrogen-bond acceptors (Lipinski definition) is 10. The van der Waals surface area contributed by atoms with Gasteiger partial charge in [-0.25, -0.2) is 9.59 Å². The number of esters is 2. The highest BCUT2D eigenvalue weighted by atomic mass is 19.4. The zero-order valence-electron chi connectivity index (χ0n) is 22.2. The van der Waals surface area contributed by atoms with Gasteiger partial charge in [0.2, 0.25) is 0 Å². The molecule has 0 radical (unpaired) electrons. The Morgan fingerprint density at radius 2 is 1.27 bits per heavy atom. The number of anilines is 2. The number of hydrogen-bond donors (Lipinski definition) is 1. The van der Waals surface area contributed by atoms with Crippen molar-refractivity contribution in [3.8, 4) is 0 Å². The lowest BCUT2D eigenvalue weighted by atomic mass is 10.1. The predicted octanol–water partition coefficient (Wildman–Crippen LogP) is 3.86. The van der Waals surface area contributed by atoms with Crippen molar-refractivity contribution in [2.75, 3.05) is 85.1 Å². The topological polar surface area (TPSA) is 111 Å². The van der Waals surface area contributed by atoms with Crippen molar-refractivity contribution >= 4 is 23.3 Å². The highest BCUT2D eigenvalue weighted by Crippen LogP contribution is 2.32. The Labute approximate surface area is 230 Å². The summed E-state index contributed by atoms with van der Waals surface area (Å²) in [5.74, 6) is -1.07. The van der Waals surface area contributed by atoms with Crippen LogP contribution in [-0.2, 0) is 44.1 Å². The molecule has 0 atom stereocenters. The molecule has 0 fully saturated rings. The summed E-state index contributed by atoms with van der Waals surface area (Å²) >= 11 is 0. The first-order valence-electron chi connectivity index (χ1n) is 12.5. The number of para-hydroxylation sites is 1. The fourth-order valence-corrected chi connectivity index (χ4v) is 3.06. The number of benzene rings is 2. The number of carbonyl (C=O) groups excluding carboxylic acids is 2. The largest absolute Gasteiger partial charge is 0.467 e. The number of alkyl halides is 3. The first-order chi connectivity index (χ1) is 19.3. The van der Waals surface area contributed by atoms with Crippen LogP contribution in [0.3, 0.4) is 0 Å². The maximum Gasteiger partial charge on any atom is 0.416 e. The molecule has 0 aliphatic rings. The normalized spacial score (nSPS) is 11.3. The molecule has 2 aromatic rings. The predicted molar refractivity (Wildman–Crippen MR) is 138 cm³/mol. The van der Waals surface area contributed by atoms with Crippen molar-refractivity contribution in [3.63, 3.8) is 0 Å². The summed E-state index contributed by atoms with van der Waals surface area (Å²) in [5.41, 5.74) is -0.107. The first kappa shape index (κ1) is 33.0. The second-order valence-electron chi connectivity index (χ2n) is 7.96. The summed E-state index contributed by atoms with van der Waals surface area (Å²) < 4.78 is 75.1. The summed E-state index contributed by atoms with van der Waals surface area (Å²) in [6.45, 7) is 2.81. The number of methoxy groups -OCH3 is 1. The zero-order valence-corrected chi connectivity index (χ0v) is 22.2. The molecule has 10 nitrogen and oxygen atoms in total. The Bertz CT molecular complexity index is 1020. The average Bonchev–Trinajstić information content (AvgIpc) is 2.94. The number of ether oxygens (including phenoxy) is 7. The third-order valence-corrected chi connectivity index (χ3v) is 5.01.